The number of anilines is 3. The highest BCUT2D eigenvalue weighted by Gasteiger charge is 2.50. The van der Waals surface area contributed by atoms with Gasteiger partial charge in [-0.2, -0.15) is 9.97 Å². The number of rotatable bonds is 4. The van der Waals surface area contributed by atoms with Crippen molar-refractivity contribution in [3.63, 3.8) is 0 Å². The summed E-state index contributed by atoms with van der Waals surface area (Å²) in [5, 5.41) is 0. The third kappa shape index (κ3) is 3.42. The number of amides is 1. The lowest BCUT2D eigenvalue weighted by molar-refractivity contribution is -0.135. The van der Waals surface area contributed by atoms with Crippen LogP contribution in [-0.2, 0) is 4.79 Å². The van der Waals surface area contributed by atoms with E-state index in [2.05, 4.69) is 38.6 Å². The molecule has 0 radical (unpaired) electrons. The topological polar surface area (TPSA) is 81.8 Å². The Labute approximate surface area is 161 Å². The number of nitrogens with two attached hydrogens (primary N) is 1. The van der Waals surface area contributed by atoms with E-state index in [1.807, 2.05) is 11.0 Å². The molecule has 0 aliphatic carbocycles. The number of nitrogen functional groups attached to an aromatic ring is 1. The number of likely N-dealkylation sites (N-methyl/N-ethyl adjacent to an activating group) is 1. The third-order valence-electron chi connectivity index (χ3n) is 6.32. The van der Waals surface area contributed by atoms with E-state index in [-0.39, 0.29) is 5.41 Å². The average Bonchev–Trinajstić information content (AvgIpc) is 3.22. The molecule has 3 saturated heterocycles. The van der Waals surface area contributed by atoms with Crippen LogP contribution in [0.15, 0.2) is 6.07 Å². The first-order chi connectivity index (χ1) is 13.0. The van der Waals surface area contributed by atoms with Gasteiger partial charge in [0, 0.05) is 58.4 Å². The molecule has 148 valence electrons. The van der Waals surface area contributed by atoms with Crippen molar-refractivity contribution >= 4 is 23.5 Å². The summed E-state index contributed by atoms with van der Waals surface area (Å²) in [6.45, 7) is 9.41. The largest absolute Gasteiger partial charge is 0.368 e. The second-order valence-corrected chi connectivity index (χ2v) is 8.23. The predicted octanol–water partition coefficient (Wildman–Crippen LogP) is 0.649. The van der Waals surface area contributed by atoms with Gasteiger partial charge < -0.3 is 25.3 Å². The van der Waals surface area contributed by atoms with Gasteiger partial charge in [0.2, 0.25) is 11.9 Å². The third-order valence-corrected chi connectivity index (χ3v) is 6.32. The van der Waals surface area contributed by atoms with Crippen LogP contribution in [-0.4, -0.2) is 85.1 Å². The zero-order valence-corrected chi connectivity index (χ0v) is 16.5. The summed E-state index contributed by atoms with van der Waals surface area (Å²) < 4.78 is 0. The second kappa shape index (κ2) is 7.14. The molecule has 1 aromatic heterocycles. The van der Waals surface area contributed by atoms with Crippen LogP contribution in [0.3, 0.4) is 0 Å². The van der Waals surface area contributed by atoms with Crippen LogP contribution in [0.4, 0.5) is 17.6 Å². The van der Waals surface area contributed by atoms with E-state index in [1.54, 1.807) is 0 Å². The number of nitrogens with zero attached hydrogens (tertiary/aromatic N) is 6. The Hall–Kier alpha value is -2.09. The fourth-order valence-corrected chi connectivity index (χ4v) is 4.62. The van der Waals surface area contributed by atoms with Crippen molar-refractivity contribution in [1.82, 2.24) is 19.8 Å². The molecule has 27 heavy (non-hydrogen) atoms. The predicted molar refractivity (Wildman–Crippen MR) is 107 cm³/mol. The Balaban J connectivity index is 1.50. The lowest BCUT2D eigenvalue weighted by Gasteiger charge is -2.33. The van der Waals surface area contributed by atoms with Gasteiger partial charge in [-0.1, -0.05) is 6.92 Å². The Bertz CT molecular complexity index is 703. The number of carbonyl (C=O) groups is 1. The van der Waals surface area contributed by atoms with Gasteiger partial charge in [0.05, 0.1) is 5.41 Å². The maximum atomic E-state index is 12.9. The number of likely N-dealkylation sites (tertiary alicyclic amines) is 1. The molecule has 0 bridgehead atoms. The van der Waals surface area contributed by atoms with E-state index in [4.69, 9.17) is 5.73 Å². The van der Waals surface area contributed by atoms with Gasteiger partial charge in [-0.05, 0) is 26.3 Å². The zero-order chi connectivity index (χ0) is 19.0. The molecule has 8 heteroatoms. The average molecular weight is 374 g/mol. The van der Waals surface area contributed by atoms with Crippen molar-refractivity contribution in [2.24, 2.45) is 5.41 Å². The van der Waals surface area contributed by atoms with E-state index >= 15 is 0 Å². The highest BCUT2D eigenvalue weighted by molar-refractivity contribution is 5.86. The summed E-state index contributed by atoms with van der Waals surface area (Å²) >= 11 is 0. The fourth-order valence-electron chi connectivity index (χ4n) is 4.62. The SMILES string of the molecule is CCCN1CCC2(CCN(c3cc(N4CCN(C)CC4)nc(N)n3)C2)C1=O. The van der Waals surface area contributed by atoms with Crippen LogP contribution in [0.1, 0.15) is 26.2 Å². The monoisotopic (exact) mass is 373 g/mol. The minimum Gasteiger partial charge on any atom is -0.368 e. The molecule has 8 nitrogen and oxygen atoms in total. The van der Waals surface area contributed by atoms with Crippen molar-refractivity contribution in [1.29, 1.82) is 0 Å². The van der Waals surface area contributed by atoms with Gasteiger partial charge in [0.15, 0.2) is 0 Å². The summed E-state index contributed by atoms with van der Waals surface area (Å²) in [6.07, 6.45) is 2.87. The van der Waals surface area contributed by atoms with E-state index in [0.717, 1.165) is 83.3 Å². The fraction of sp³-hybridized carbons (Fsp3) is 0.737. The van der Waals surface area contributed by atoms with Crippen molar-refractivity contribution < 1.29 is 4.79 Å². The van der Waals surface area contributed by atoms with E-state index < -0.39 is 0 Å². The Kier molecular flexibility index (Phi) is 4.84. The van der Waals surface area contributed by atoms with Crippen LogP contribution in [0.2, 0.25) is 0 Å². The Morgan fingerprint density at radius 3 is 2.41 bits per heavy atom. The first-order valence-electron chi connectivity index (χ1n) is 10.1. The van der Waals surface area contributed by atoms with Crippen LogP contribution in [0.25, 0.3) is 0 Å². The second-order valence-electron chi connectivity index (χ2n) is 8.23. The van der Waals surface area contributed by atoms with Crippen molar-refractivity contribution in [2.45, 2.75) is 26.2 Å². The highest BCUT2D eigenvalue weighted by Crippen LogP contribution is 2.42. The minimum atomic E-state index is -0.233. The summed E-state index contributed by atoms with van der Waals surface area (Å²) in [7, 11) is 2.14. The molecular formula is C19H31N7O. The molecule has 4 rings (SSSR count). The number of carbonyl (C=O) groups excluding carboxylic acids is 1. The lowest BCUT2D eigenvalue weighted by Crippen LogP contribution is -2.45. The zero-order valence-electron chi connectivity index (χ0n) is 16.5. The molecule has 2 N–H and O–H groups in total. The van der Waals surface area contributed by atoms with E-state index in [9.17, 15) is 4.79 Å². The quantitative estimate of drug-likeness (QED) is 0.830. The van der Waals surface area contributed by atoms with Crippen molar-refractivity contribution in [2.75, 3.05) is 74.9 Å². The van der Waals surface area contributed by atoms with Crippen LogP contribution < -0.4 is 15.5 Å². The van der Waals surface area contributed by atoms with Gasteiger partial charge in [0.25, 0.3) is 0 Å². The number of hydrogen-bond donors (Lipinski definition) is 1. The maximum absolute atomic E-state index is 12.9. The first kappa shape index (κ1) is 18.3. The molecule has 4 heterocycles. The van der Waals surface area contributed by atoms with Crippen LogP contribution in [0.5, 0.6) is 0 Å². The summed E-state index contributed by atoms with van der Waals surface area (Å²) in [5.41, 5.74) is 5.80. The van der Waals surface area contributed by atoms with E-state index in [1.165, 1.54) is 0 Å². The lowest BCUT2D eigenvalue weighted by atomic mass is 9.85. The molecule has 1 spiro atoms. The smallest absolute Gasteiger partial charge is 0.230 e. The molecule has 3 fully saturated rings. The summed E-state index contributed by atoms with van der Waals surface area (Å²) in [6, 6.07) is 2.05. The van der Waals surface area contributed by atoms with Crippen molar-refractivity contribution in [3.05, 3.63) is 6.07 Å². The van der Waals surface area contributed by atoms with Crippen LogP contribution >= 0.6 is 0 Å². The number of aromatic nitrogens is 2. The van der Waals surface area contributed by atoms with Gasteiger partial charge in [0.1, 0.15) is 11.6 Å². The van der Waals surface area contributed by atoms with E-state index in [0.29, 0.717) is 11.9 Å². The first-order valence-corrected chi connectivity index (χ1v) is 10.1. The Morgan fingerprint density at radius 1 is 1.04 bits per heavy atom. The summed E-state index contributed by atoms with van der Waals surface area (Å²) in [5.74, 6) is 2.40. The molecule has 1 aromatic rings. The van der Waals surface area contributed by atoms with Gasteiger partial charge in [-0.3, -0.25) is 4.79 Å². The summed E-state index contributed by atoms with van der Waals surface area (Å²) in [4.78, 5) is 30.8. The molecule has 1 atom stereocenters. The molecule has 3 aliphatic heterocycles. The highest BCUT2D eigenvalue weighted by atomic mass is 16.2. The van der Waals surface area contributed by atoms with Gasteiger partial charge >= 0.3 is 0 Å². The van der Waals surface area contributed by atoms with Crippen molar-refractivity contribution in [3.8, 4) is 0 Å². The number of piperazine rings is 1. The molecular weight excluding hydrogens is 342 g/mol. The minimum absolute atomic E-state index is 0.233. The standard InChI is InChI=1S/C19H31N7O/c1-3-6-25-7-4-19(17(25)27)5-8-26(14-19)16-13-15(21-18(20)22-16)24-11-9-23(2)10-12-24/h13H,3-12,14H2,1-2H3,(H2,20,21,22). The van der Waals surface area contributed by atoms with Gasteiger partial charge in [-0.25, -0.2) is 0 Å². The Morgan fingerprint density at radius 2 is 1.70 bits per heavy atom. The number of hydrogen-bond acceptors (Lipinski definition) is 7. The maximum Gasteiger partial charge on any atom is 0.230 e. The normalized spacial score (nSPS) is 26.6. The van der Waals surface area contributed by atoms with Gasteiger partial charge in [-0.15, -0.1) is 0 Å². The van der Waals surface area contributed by atoms with Crippen LogP contribution in [0, 0.1) is 5.41 Å². The molecule has 0 aromatic carbocycles. The molecule has 3 aliphatic rings. The molecule has 0 saturated carbocycles. The molecule has 1 amide bonds. The molecule has 1 unspecified atom stereocenters.